The number of thiol groups is 1. The highest BCUT2D eigenvalue weighted by atomic mass is 32.2. The second-order valence-corrected chi connectivity index (χ2v) is 6.25. The van der Waals surface area contributed by atoms with Crippen molar-refractivity contribution < 1.29 is 0 Å². The quantitative estimate of drug-likeness (QED) is 0.597. The van der Waals surface area contributed by atoms with Crippen LogP contribution >= 0.6 is 47.5 Å². The van der Waals surface area contributed by atoms with Crippen LogP contribution in [0.25, 0.3) is 10.5 Å². The molecule has 0 nitrogen and oxygen atoms in total. The van der Waals surface area contributed by atoms with Crippen LogP contribution in [0.1, 0.15) is 16.7 Å². The van der Waals surface area contributed by atoms with E-state index in [9.17, 15) is 0 Å². The highest BCUT2D eigenvalue weighted by molar-refractivity contribution is 8.02. The normalized spacial score (nSPS) is 10.4. The van der Waals surface area contributed by atoms with Gasteiger partial charge in [-0.25, -0.2) is 0 Å². The number of allylic oxidation sites excluding steroid dienone is 1. The Labute approximate surface area is 110 Å². The zero-order chi connectivity index (χ0) is 11.6. The van der Waals surface area contributed by atoms with Gasteiger partial charge in [-0.1, -0.05) is 13.2 Å². The highest BCUT2D eigenvalue weighted by Gasteiger charge is 2.17. The van der Waals surface area contributed by atoms with E-state index in [0.717, 1.165) is 10.5 Å². The van der Waals surface area contributed by atoms with Crippen LogP contribution in [0.15, 0.2) is 22.9 Å². The Morgan fingerprint density at radius 3 is 1.93 bits per heavy atom. The van der Waals surface area contributed by atoms with Gasteiger partial charge >= 0.3 is 0 Å². The summed E-state index contributed by atoms with van der Waals surface area (Å²) in [5.41, 5.74) is 1.11. The first kappa shape index (κ1) is 13.3. The van der Waals surface area contributed by atoms with Gasteiger partial charge in [-0.3, -0.25) is 0 Å². The van der Waals surface area contributed by atoms with Crippen LogP contribution in [0.3, 0.4) is 0 Å². The molecule has 1 heterocycles. The first-order chi connectivity index (χ1) is 7.02. The Kier molecular flexibility index (Phi) is 4.90. The number of thioether (sulfide) groups is 2. The van der Waals surface area contributed by atoms with Gasteiger partial charge in [0.2, 0.25) is 0 Å². The fourth-order valence-electron chi connectivity index (χ4n) is 1.24. The van der Waals surface area contributed by atoms with E-state index in [-0.39, 0.29) is 0 Å². The van der Waals surface area contributed by atoms with E-state index in [2.05, 4.69) is 38.3 Å². The first-order valence-electron chi connectivity index (χ1n) is 4.31. The summed E-state index contributed by atoms with van der Waals surface area (Å²) >= 11 is 9.60. The average Bonchev–Trinajstić information content (AvgIpc) is 2.55. The molecule has 0 amide bonds. The Morgan fingerprint density at radius 2 is 1.60 bits per heavy atom. The lowest BCUT2D eigenvalue weighted by Gasteiger charge is -2.02. The Bertz CT molecular complexity index is 364. The maximum atomic E-state index is 4.34. The largest absolute Gasteiger partial charge is 0.143 e. The molecule has 15 heavy (non-hydrogen) atoms. The summed E-state index contributed by atoms with van der Waals surface area (Å²) < 4.78 is 0. The Morgan fingerprint density at radius 1 is 1.13 bits per heavy atom. The fraction of sp³-hybridized carbons (Fsp3) is 0.273. The van der Waals surface area contributed by atoms with E-state index in [1.54, 1.807) is 34.9 Å². The number of thiophene rings is 1. The molecule has 0 unspecified atom stereocenters. The molecule has 0 N–H and O–H groups in total. The van der Waals surface area contributed by atoms with Gasteiger partial charge in [-0.2, -0.15) is 0 Å². The third-order valence-electron chi connectivity index (χ3n) is 1.88. The monoisotopic (exact) mass is 274 g/mol. The van der Waals surface area contributed by atoms with Crippen LogP contribution in [0.2, 0.25) is 0 Å². The molecule has 0 atom stereocenters. The van der Waals surface area contributed by atoms with Gasteiger partial charge < -0.3 is 0 Å². The maximum absolute atomic E-state index is 4.34. The molecule has 0 aliphatic carbocycles. The highest BCUT2D eigenvalue weighted by Crippen LogP contribution is 2.46. The van der Waals surface area contributed by atoms with Crippen LogP contribution in [-0.2, 0) is 0 Å². The van der Waals surface area contributed by atoms with E-state index < -0.39 is 0 Å². The van der Waals surface area contributed by atoms with Crippen molar-refractivity contribution in [2.75, 3.05) is 12.5 Å². The lowest BCUT2D eigenvalue weighted by molar-refractivity contribution is 1.30. The van der Waals surface area contributed by atoms with Crippen molar-refractivity contribution in [1.82, 2.24) is 0 Å². The minimum absolute atomic E-state index is 0.840. The summed E-state index contributed by atoms with van der Waals surface area (Å²) in [6.45, 7) is 9.96. The number of hydrogen-bond donors (Lipinski definition) is 1. The number of hydrogen-bond acceptors (Lipinski definition) is 4. The second-order valence-electron chi connectivity index (χ2n) is 3.05. The van der Waals surface area contributed by atoms with Crippen molar-refractivity contribution in [2.24, 2.45) is 0 Å². The van der Waals surface area contributed by atoms with E-state index in [0.29, 0.717) is 0 Å². The minimum atomic E-state index is 0.840. The molecule has 0 aliphatic rings. The standard InChI is InChI=1S/C11H14S4/c1-6(2)8-10(13-4)11(14-5)9(15-8)7(3)12/h12H,1,3H2,2,4-5H3. The van der Waals surface area contributed by atoms with Gasteiger partial charge in [0, 0.05) is 19.6 Å². The van der Waals surface area contributed by atoms with Crippen molar-refractivity contribution in [3.8, 4) is 0 Å². The average molecular weight is 275 g/mol. The molecule has 1 aromatic heterocycles. The Hall–Kier alpha value is 0.230. The van der Waals surface area contributed by atoms with Crippen molar-refractivity contribution in [1.29, 1.82) is 0 Å². The molecule has 0 saturated heterocycles. The van der Waals surface area contributed by atoms with Crippen molar-refractivity contribution >= 4 is 58.0 Å². The fourth-order valence-corrected chi connectivity index (χ4v) is 5.08. The van der Waals surface area contributed by atoms with Crippen LogP contribution in [-0.4, -0.2) is 12.5 Å². The van der Waals surface area contributed by atoms with Crippen molar-refractivity contribution in [3.05, 3.63) is 22.9 Å². The van der Waals surface area contributed by atoms with Crippen LogP contribution in [0.4, 0.5) is 0 Å². The lowest BCUT2D eigenvalue weighted by atomic mass is 10.3. The van der Waals surface area contributed by atoms with Gasteiger partial charge in [-0.05, 0) is 25.0 Å². The lowest BCUT2D eigenvalue weighted by Crippen LogP contribution is -1.77. The molecule has 0 fully saturated rings. The molecule has 1 aromatic rings. The molecule has 1 rings (SSSR count). The smallest absolute Gasteiger partial charge is 0.0551 e. The maximum Gasteiger partial charge on any atom is 0.0551 e. The molecular weight excluding hydrogens is 260 g/mol. The topological polar surface area (TPSA) is 0 Å². The summed E-state index contributed by atoms with van der Waals surface area (Å²) in [4.78, 5) is 5.87. The predicted octanol–water partition coefficient (Wildman–Crippen LogP) is 5.13. The first-order valence-corrected chi connectivity index (χ1v) is 8.03. The summed E-state index contributed by atoms with van der Waals surface area (Å²) in [6, 6.07) is 0. The van der Waals surface area contributed by atoms with Crippen LogP contribution in [0, 0.1) is 0 Å². The minimum Gasteiger partial charge on any atom is -0.143 e. The van der Waals surface area contributed by atoms with Gasteiger partial charge in [0.1, 0.15) is 0 Å². The third-order valence-corrected chi connectivity index (χ3v) is 5.69. The molecule has 0 saturated carbocycles. The van der Waals surface area contributed by atoms with Crippen molar-refractivity contribution in [3.63, 3.8) is 0 Å². The summed E-state index contributed by atoms with van der Waals surface area (Å²) in [5.74, 6) is 0. The van der Waals surface area contributed by atoms with Gasteiger partial charge in [-0.15, -0.1) is 47.5 Å². The zero-order valence-corrected chi connectivity index (χ0v) is 12.4. The summed E-state index contributed by atoms with van der Waals surface area (Å²) in [7, 11) is 0. The summed E-state index contributed by atoms with van der Waals surface area (Å²) in [5, 5.41) is 0. The third kappa shape index (κ3) is 2.67. The van der Waals surface area contributed by atoms with E-state index >= 15 is 0 Å². The molecule has 0 spiro atoms. The van der Waals surface area contributed by atoms with E-state index in [1.165, 1.54) is 19.5 Å². The Balaban J connectivity index is 3.44. The molecule has 4 heteroatoms. The van der Waals surface area contributed by atoms with Gasteiger partial charge in [0.25, 0.3) is 0 Å². The van der Waals surface area contributed by atoms with E-state index in [4.69, 9.17) is 0 Å². The number of rotatable bonds is 4. The second kappa shape index (κ2) is 5.53. The molecule has 0 bridgehead atoms. The molecule has 0 radical (unpaired) electrons. The van der Waals surface area contributed by atoms with E-state index in [1.807, 2.05) is 6.92 Å². The van der Waals surface area contributed by atoms with Gasteiger partial charge in [0.15, 0.2) is 0 Å². The summed E-state index contributed by atoms with van der Waals surface area (Å²) in [6.07, 6.45) is 4.18. The molecular formula is C11H14S4. The predicted molar refractivity (Wildman–Crippen MR) is 80.6 cm³/mol. The van der Waals surface area contributed by atoms with Crippen molar-refractivity contribution in [2.45, 2.75) is 16.7 Å². The van der Waals surface area contributed by atoms with Crippen LogP contribution < -0.4 is 0 Å². The van der Waals surface area contributed by atoms with Crippen LogP contribution in [0.5, 0.6) is 0 Å². The zero-order valence-electron chi connectivity index (χ0n) is 9.09. The molecule has 0 aliphatic heterocycles. The van der Waals surface area contributed by atoms with Gasteiger partial charge in [0.05, 0.1) is 4.88 Å². The SMILES string of the molecule is C=C(C)c1sc(C(=C)S)c(SC)c1SC. The molecule has 0 aromatic carbocycles. The molecule has 82 valence electrons.